The van der Waals surface area contributed by atoms with Gasteiger partial charge in [0.2, 0.25) is 0 Å². The van der Waals surface area contributed by atoms with E-state index in [9.17, 15) is 5.11 Å². The van der Waals surface area contributed by atoms with Crippen LogP contribution in [0, 0.1) is 12.3 Å². The predicted molar refractivity (Wildman–Crippen MR) is 60.1 cm³/mol. The number of hydrogen-bond acceptors (Lipinski definition) is 2. The second kappa shape index (κ2) is 4.37. The Morgan fingerprint density at radius 3 is 2.33 bits per heavy atom. The number of anilines is 1. The first-order valence-corrected chi connectivity index (χ1v) is 5.25. The van der Waals surface area contributed by atoms with E-state index in [1.165, 1.54) is 5.69 Å². The van der Waals surface area contributed by atoms with Crippen molar-refractivity contribution in [3.05, 3.63) is 36.3 Å². The molecular formula is C13H14NO. The van der Waals surface area contributed by atoms with Crippen molar-refractivity contribution in [2.75, 3.05) is 18.0 Å². The van der Waals surface area contributed by atoms with Crippen LogP contribution in [0.4, 0.5) is 5.69 Å². The molecule has 1 fully saturated rings. The molecule has 0 saturated carbocycles. The summed E-state index contributed by atoms with van der Waals surface area (Å²) >= 11 is 0. The second-order valence-corrected chi connectivity index (χ2v) is 3.89. The molecule has 2 nitrogen and oxygen atoms in total. The third-order valence-electron chi connectivity index (χ3n) is 2.84. The lowest BCUT2D eigenvalue weighted by molar-refractivity contribution is 0.145. The summed E-state index contributed by atoms with van der Waals surface area (Å²) < 4.78 is 0. The van der Waals surface area contributed by atoms with Crippen LogP contribution in [0.2, 0.25) is 0 Å². The van der Waals surface area contributed by atoms with Gasteiger partial charge in [0.1, 0.15) is 0 Å². The summed E-state index contributed by atoms with van der Waals surface area (Å²) in [5.74, 6) is 2.36. The quantitative estimate of drug-likeness (QED) is 0.696. The zero-order valence-electron chi connectivity index (χ0n) is 8.61. The van der Waals surface area contributed by atoms with Crippen molar-refractivity contribution in [3.8, 4) is 5.92 Å². The van der Waals surface area contributed by atoms with Gasteiger partial charge in [0.05, 0.1) is 6.10 Å². The van der Waals surface area contributed by atoms with Gasteiger partial charge in [-0.15, -0.1) is 0 Å². The summed E-state index contributed by atoms with van der Waals surface area (Å²) in [6.07, 6.45) is 8.55. The molecule has 1 N–H and O–H groups in total. The highest BCUT2D eigenvalue weighted by atomic mass is 16.3. The van der Waals surface area contributed by atoms with Gasteiger partial charge < -0.3 is 10.0 Å². The first-order chi connectivity index (χ1) is 7.29. The van der Waals surface area contributed by atoms with Crippen LogP contribution >= 0.6 is 0 Å². The number of benzene rings is 1. The van der Waals surface area contributed by atoms with Crippen LogP contribution in [0.1, 0.15) is 18.4 Å². The van der Waals surface area contributed by atoms with Crippen LogP contribution in [0.5, 0.6) is 0 Å². The lowest BCUT2D eigenvalue weighted by Crippen LogP contribution is -2.35. The zero-order chi connectivity index (χ0) is 10.7. The normalized spacial score (nSPS) is 17.5. The molecule has 1 saturated heterocycles. The Morgan fingerprint density at radius 2 is 1.80 bits per heavy atom. The lowest BCUT2D eigenvalue weighted by Gasteiger charge is -2.31. The van der Waals surface area contributed by atoms with E-state index in [0.29, 0.717) is 0 Å². The van der Waals surface area contributed by atoms with Gasteiger partial charge in [-0.2, -0.15) is 0 Å². The second-order valence-electron chi connectivity index (χ2n) is 3.89. The molecule has 0 amide bonds. The van der Waals surface area contributed by atoms with E-state index in [0.717, 1.165) is 31.5 Å². The molecular weight excluding hydrogens is 186 g/mol. The van der Waals surface area contributed by atoms with Gasteiger partial charge >= 0.3 is 0 Å². The molecule has 77 valence electrons. The fraction of sp³-hybridized carbons (Fsp3) is 0.385. The van der Waals surface area contributed by atoms with Crippen LogP contribution in [0.3, 0.4) is 0 Å². The molecule has 1 radical (unpaired) electrons. The topological polar surface area (TPSA) is 23.5 Å². The van der Waals surface area contributed by atoms with Gasteiger partial charge in [0, 0.05) is 24.3 Å². The minimum atomic E-state index is -0.129. The van der Waals surface area contributed by atoms with Crippen molar-refractivity contribution in [2.45, 2.75) is 18.9 Å². The van der Waals surface area contributed by atoms with Crippen molar-refractivity contribution >= 4 is 5.69 Å². The molecule has 0 atom stereocenters. The number of aliphatic hydroxyl groups excluding tert-OH is 1. The number of nitrogens with zero attached hydrogens (tertiary/aromatic N) is 1. The zero-order valence-corrected chi connectivity index (χ0v) is 8.61. The van der Waals surface area contributed by atoms with E-state index >= 15 is 0 Å². The Balaban J connectivity index is 2.07. The summed E-state index contributed by atoms with van der Waals surface area (Å²) in [6.45, 7) is 1.82. The number of aliphatic hydroxyl groups is 1. The fourth-order valence-corrected chi connectivity index (χ4v) is 1.88. The molecule has 2 heteroatoms. The van der Waals surface area contributed by atoms with Crippen LogP contribution in [-0.2, 0) is 0 Å². The summed E-state index contributed by atoms with van der Waals surface area (Å²) in [5, 5.41) is 9.39. The largest absolute Gasteiger partial charge is 0.393 e. The molecule has 2 rings (SSSR count). The third kappa shape index (κ3) is 2.31. The Morgan fingerprint density at radius 1 is 1.20 bits per heavy atom. The minimum absolute atomic E-state index is 0.129. The van der Waals surface area contributed by atoms with E-state index in [1.54, 1.807) is 0 Å². The van der Waals surface area contributed by atoms with E-state index < -0.39 is 0 Å². The maximum absolute atomic E-state index is 9.39. The Labute approximate surface area is 90.5 Å². The molecule has 1 aliphatic heterocycles. The average Bonchev–Trinajstić information content (AvgIpc) is 2.30. The van der Waals surface area contributed by atoms with Crippen LogP contribution in [-0.4, -0.2) is 24.3 Å². The highest BCUT2D eigenvalue weighted by Crippen LogP contribution is 2.20. The van der Waals surface area contributed by atoms with Crippen molar-refractivity contribution in [3.63, 3.8) is 0 Å². The van der Waals surface area contributed by atoms with Gasteiger partial charge in [0.25, 0.3) is 0 Å². The fourth-order valence-electron chi connectivity index (χ4n) is 1.88. The molecule has 0 unspecified atom stereocenters. The van der Waals surface area contributed by atoms with Crippen molar-refractivity contribution in [1.29, 1.82) is 0 Å². The first kappa shape index (κ1) is 10.1. The Hall–Kier alpha value is -1.46. The van der Waals surface area contributed by atoms with Crippen LogP contribution < -0.4 is 4.90 Å². The molecule has 1 aromatic carbocycles. The third-order valence-corrected chi connectivity index (χ3v) is 2.84. The molecule has 1 aromatic rings. The van der Waals surface area contributed by atoms with E-state index in [1.807, 2.05) is 24.3 Å². The predicted octanol–water partition coefficient (Wildman–Crippen LogP) is 1.59. The van der Waals surface area contributed by atoms with E-state index in [-0.39, 0.29) is 6.10 Å². The van der Waals surface area contributed by atoms with Crippen molar-refractivity contribution in [2.24, 2.45) is 0 Å². The minimum Gasteiger partial charge on any atom is -0.393 e. The van der Waals surface area contributed by atoms with E-state index in [4.69, 9.17) is 6.42 Å². The maximum Gasteiger partial charge on any atom is 0.0574 e. The highest BCUT2D eigenvalue weighted by molar-refractivity contribution is 5.50. The maximum atomic E-state index is 9.39. The van der Waals surface area contributed by atoms with Gasteiger partial charge in [-0.05, 0) is 43.5 Å². The van der Waals surface area contributed by atoms with Crippen molar-refractivity contribution < 1.29 is 5.11 Å². The smallest absolute Gasteiger partial charge is 0.0574 e. The monoisotopic (exact) mass is 200 g/mol. The summed E-state index contributed by atoms with van der Waals surface area (Å²) in [4.78, 5) is 2.26. The van der Waals surface area contributed by atoms with Crippen molar-refractivity contribution in [1.82, 2.24) is 0 Å². The first-order valence-electron chi connectivity index (χ1n) is 5.25. The highest BCUT2D eigenvalue weighted by Gasteiger charge is 2.16. The molecule has 0 spiro atoms. The van der Waals surface area contributed by atoms with Gasteiger partial charge in [-0.3, -0.25) is 0 Å². The summed E-state index contributed by atoms with van der Waals surface area (Å²) in [6, 6.07) is 7.81. The molecule has 0 bridgehead atoms. The molecule has 1 aliphatic rings. The summed E-state index contributed by atoms with van der Waals surface area (Å²) in [5.41, 5.74) is 1.97. The SMILES string of the molecule is [C]#Cc1ccc(N2CCC(O)CC2)cc1. The standard InChI is InChI=1S/C13H14NO/c1-2-11-3-5-12(6-4-11)14-9-7-13(15)8-10-14/h3-6,13,15H,7-10H2. The number of piperidine rings is 1. The molecule has 1 heterocycles. The summed E-state index contributed by atoms with van der Waals surface area (Å²) in [7, 11) is 0. The molecule has 15 heavy (non-hydrogen) atoms. The van der Waals surface area contributed by atoms with Crippen LogP contribution in [0.15, 0.2) is 24.3 Å². The van der Waals surface area contributed by atoms with Gasteiger partial charge in [-0.25, -0.2) is 0 Å². The molecule has 0 aromatic heterocycles. The number of rotatable bonds is 1. The Bertz CT molecular complexity index is 355. The van der Waals surface area contributed by atoms with E-state index in [2.05, 4.69) is 10.8 Å². The lowest BCUT2D eigenvalue weighted by atomic mass is 10.1. The number of hydrogen-bond donors (Lipinski definition) is 1. The van der Waals surface area contributed by atoms with Gasteiger partial charge in [0.15, 0.2) is 0 Å². The van der Waals surface area contributed by atoms with Crippen LogP contribution in [0.25, 0.3) is 0 Å². The average molecular weight is 200 g/mol. The Kier molecular flexibility index (Phi) is 2.94. The molecule has 0 aliphatic carbocycles. The van der Waals surface area contributed by atoms with Gasteiger partial charge in [-0.1, -0.05) is 5.92 Å².